The lowest BCUT2D eigenvalue weighted by atomic mass is 9.79. The summed E-state index contributed by atoms with van der Waals surface area (Å²) in [5.41, 5.74) is 1.08. The van der Waals surface area contributed by atoms with E-state index in [1.807, 2.05) is 17.5 Å². The predicted octanol–water partition coefficient (Wildman–Crippen LogP) is 6.21. The summed E-state index contributed by atoms with van der Waals surface area (Å²) in [4.78, 5) is 19.1. The van der Waals surface area contributed by atoms with Crippen molar-refractivity contribution in [2.45, 2.75) is 31.9 Å². The summed E-state index contributed by atoms with van der Waals surface area (Å²) in [6.07, 6.45) is 1.98. The van der Waals surface area contributed by atoms with Gasteiger partial charge in [0.05, 0.1) is 29.1 Å². The number of carboxylic acid groups (broad SMARTS) is 1. The highest BCUT2D eigenvalue weighted by molar-refractivity contribution is 7.10. The molecule has 3 heterocycles. The van der Waals surface area contributed by atoms with Gasteiger partial charge in [-0.3, -0.25) is 14.7 Å². The number of ether oxygens (including phenoxy) is 1. The van der Waals surface area contributed by atoms with Gasteiger partial charge in [-0.1, -0.05) is 29.5 Å². The number of piperidine rings is 1. The van der Waals surface area contributed by atoms with Crippen LogP contribution in [0.25, 0.3) is 10.9 Å². The van der Waals surface area contributed by atoms with Gasteiger partial charge in [0.15, 0.2) is 0 Å². The molecule has 4 rings (SSSR count). The highest BCUT2D eigenvalue weighted by atomic mass is 35.5. The summed E-state index contributed by atoms with van der Waals surface area (Å²) in [6, 6.07) is 9.30. The summed E-state index contributed by atoms with van der Waals surface area (Å²) in [6.45, 7) is 2.09. The zero-order valence-electron chi connectivity index (χ0n) is 19.5. The predicted molar refractivity (Wildman–Crippen MR) is 138 cm³/mol. The van der Waals surface area contributed by atoms with Crippen LogP contribution in [0, 0.1) is 23.7 Å². The number of fused-ring (bicyclic) bond motifs is 1. The molecule has 1 aliphatic rings. The smallest absolute Gasteiger partial charge is 0.303 e. The molecule has 0 spiro atoms. The van der Waals surface area contributed by atoms with Gasteiger partial charge in [-0.05, 0) is 67.3 Å². The lowest BCUT2D eigenvalue weighted by Gasteiger charge is -2.37. The third-order valence-electron chi connectivity index (χ3n) is 6.62. The van der Waals surface area contributed by atoms with Crippen molar-refractivity contribution in [1.29, 1.82) is 0 Å². The van der Waals surface area contributed by atoms with Crippen LogP contribution in [0.2, 0.25) is 5.02 Å². The monoisotopic (exact) mass is 514 g/mol. The minimum atomic E-state index is -1.28. The number of carboxylic acids is 1. The fourth-order valence-corrected chi connectivity index (χ4v) is 5.70. The van der Waals surface area contributed by atoms with E-state index < -0.39 is 12.1 Å². The Morgan fingerprint density at radius 1 is 1.40 bits per heavy atom. The van der Waals surface area contributed by atoms with Crippen LogP contribution in [-0.4, -0.2) is 47.7 Å². The van der Waals surface area contributed by atoms with Crippen LogP contribution in [0.4, 0.5) is 4.39 Å². The van der Waals surface area contributed by atoms with E-state index in [1.165, 1.54) is 6.20 Å². The zero-order chi connectivity index (χ0) is 24.8. The van der Waals surface area contributed by atoms with Crippen LogP contribution in [-0.2, 0) is 4.79 Å². The van der Waals surface area contributed by atoms with E-state index in [0.717, 1.165) is 17.8 Å². The number of aliphatic carboxylic acids is 1. The first-order valence-electron chi connectivity index (χ1n) is 11.7. The third kappa shape index (κ3) is 6.52. The maximum Gasteiger partial charge on any atom is 0.303 e. The maximum atomic E-state index is 15.6. The Kier molecular flexibility index (Phi) is 8.61. The molecule has 35 heavy (non-hydrogen) atoms. The van der Waals surface area contributed by atoms with Crippen molar-refractivity contribution in [2.75, 3.05) is 26.7 Å². The molecule has 0 bridgehead atoms. The Bertz CT molecular complexity index is 1220. The molecule has 184 valence electrons. The Morgan fingerprint density at radius 3 is 3.00 bits per heavy atom. The van der Waals surface area contributed by atoms with Crippen molar-refractivity contribution in [2.24, 2.45) is 11.8 Å². The Balaban J connectivity index is 1.42. The Labute approximate surface area is 213 Å². The Morgan fingerprint density at radius 2 is 2.26 bits per heavy atom. The van der Waals surface area contributed by atoms with E-state index in [-0.39, 0.29) is 24.7 Å². The van der Waals surface area contributed by atoms with Gasteiger partial charge < -0.3 is 9.84 Å². The fraction of sp³-hybridized carbons (Fsp3) is 0.407. The number of hydrogen-bond donors (Lipinski definition) is 1. The second-order valence-corrected chi connectivity index (χ2v) is 10.2. The topological polar surface area (TPSA) is 62.7 Å². The molecule has 1 saturated heterocycles. The first kappa shape index (κ1) is 25.4. The molecule has 2 unspecified atom stereocenters. The molecule has 3 aromatic rings. The summed E-state index contributed by atoms with van der Waals surface area (Å²) in [5.74, 6) is 6.25. The van der Waals surface area contributed by atoms with Gasteiger partial charge in [-0.25, -0.2) is 4.39 Å². The number of alkyl halides is 1. The second kappa shape index (κ2) is 11.9. The number of halogens is 2. The van der Waals surface area contributed by atoms with Crippen molar-refractivity contribution in [3.8, 4) is 17.6 Å². The van der Waals surface area contributed by atoms with Crippen molar-refractivity contribution >= 4 is 39.8 Å². The minimum Gasteiger partial charge on any atom is -0.497 e. The van der Waals surface area contributed by atoms with E-state index >= 15 is 4.39 Å². The molecule has 5 nitrogen and oxygen atoms in total. The van der Waals surface area contributed by atoms with Gasteiger partial charge in [0.25, 0.3) is 0 Å². The van der Waals surface area contributed by atoms with E-state index in [9.17, 15) is 9.90 Å². The lowest BCUT2D eigenvalue weighted by molar-refractivity contribution is -0.139. The van der Waals surface area contributed by atoms with Crippen molar-refractivity contribution in [3.05, 3.63) is 57.4 Å². The Hall–Kier alpha value is -2.66. The first-order chi connectivity index (χ1) is 16.9. The molecule has 0 radical (unpaired) electrons. The number of hydrogen-bond acceptors (Lipinski definition) is 5. The van der Waals surface area contributed by atoms with Crippen LogP contribution < -0.4 is 4.74 Å². The summed E-state index contributed by atoms with van der Waals surface area (Å²) in [7, 11) is 1.56. The summed E-state index contributed by atoms with van der Waals surface area (Å²) >= 11 is 7.98. The van der Waals surface area contributed by atoms with E-state index in [2.05, 4.69) is 21.7 Å². The van der Waals surface area contributed by atoms with Gasteiger partial charge >= 0.3 is 5.97 Å². The average molecular weight is 515 g/mol. The molecule has 2 aromatic heterocycles. The number of pyridine rings is 1. The maximum absolute atomic E-state index is 15.6. The number of aromatic nitrogens is 1. The standard InChI is InChI=1S/C27H28ClFN2O3S/c1-34-20-7-9-25-22(15-20)27(23(28)16-30-25)24(29)8-6-18-10-12-31(17-19(18)14-26(32)33)11-2-4-21-5-3-13-35-21/h3,5,7,9,13,15-16,18-19,24H,6,8,10-12,14,17H2,1H3,(H,32,33)/t18?,19?,24-/m1/s1. The quantitative estimate of drug-likeness (QED) is 0.362. The highest BCUT2D eigenvalue weighted by Gasteiger charge is 2.31. The normalized spacial score (nSPS) is 19.2. The molecule has 0 amide bonds. The van der Waals surface area contributed by atoms with Crippen molar-refractivity contribution in [1.82, 2.24) is 9.88 Å². The number of methoxy groups -OCH3 is 1. The van der Waals surface area contributed by atoms with Gasteiger partial charge in [-0.2, -0.15) is 0 Å². The molecule has 3 atom stereocenters. The number of rotatable bonds is 8. The van der Waals surface area contributed by atoms with Gasteiger partial charge in [-0.15, -0.1) is 11.3 Å². The third-order valence-corrected chi connectivity index (χ3v) is 7.71. The van der Waals surface area contributed by atoms with Crippen LogP contribution in [0.15, 0.2) is 41.9 Å². The fourth-order valence-electron chi connectivity index (χ4n) is 4.84. The van der Waals surface area contributed by atoms with Crippen LogP contribution >= 0.6 is 22.9 Å². The molecular formula is C27H28ClFN2O3S. The number of thiophene rings is 1. The van der Waals surface area contributed by atoms with Crippen molar-refractivity contribution in [3.63, 3.8) is 0 Å². The largest absolute Gasteiger partial charge is 0.497 e. The number of nitrogens with zero attached hydrogens (tertiary/aromatic N) is 2. The summed E-state index contributed by atoms with van der Waals surface area (Å²) < 4.78 is 20.9. The highest BCUT2D eigenvalue weighted by Crippen LogP contribution is 2.39. The summed E-state index contributed by atoms with van der Waals surface area (Å²) in [5, 5.41) is 12.4. The minimum absolute atomic E-state index is 0.0401. The first-order valence-corrected chi connectivity index (χ1v) is 12.9. The molecular weight excluding hydrogens is 487 g/mol. The van der Waals surface area contributed by atoms with Gasteiger partial charge in [0, 0.05) is 30.1 Å². The molecule has 8 heteroatoms. The van der Waals surface area contributed by atoms with E-state index in [4.69, 9.17) is 16.3 Å². The molecule has 1 aromatic carbocycles. The lowest BCUT2D eigenvalue weighted by Crippen LogP contribution is -2.41. The molecule has 1 N–H and O–H groups in total. The van der Waals surface area contributed by atoms with Crippen LogP contribution in [0.5, 0.6) is 5.75 Å². The van der Waals surface area contributed by atoms with E-state index in [0.29, 0.717) is 46.7 Å². The number of likely N-dealkylation sites (tertiary alicyclic amines) is 1. The van der Waals surface area contributed by atoms with Gasteiger partial charge in [0.1, 0.15) is 11.9 Å². The average Bonchev–Trinajstić information content (AvgIpc) is 3.36. The van der Waals surface area contributed by atoms with Crippen LogP contribution in [0.3, 0.4) is 0 Å². The van der Waals surface area contributed by atoms with Crippen LogP contribution in [0.1, 0.15) is 42.3 Å². The molecule has 0 aliphatic carbocycles. The molecule has 1 fully saturated rings. The van der Waals surface area contributed by atoms with E-state index in [1.54, 1.807) is 36.6 Å². The second-order valence-electron chi connectivity index (χ2n) is 8.87. The molecule has 1 aliphatic heterocycles. The zero-order valence-corrected chi connectivity index (χ0v) is 21.1. The van der Waals surface area contributed by atoms with Gasteiger partial charge in [0.2, 0.25) is 0 Å². The SMILES string of the molecule is COc1ccc2ncc(Cl)c([C@H](F)CCC3CCN(CC#Cc4cccs4)CC3CC(=O)O)c2c1. The molecule has 0 saturated carbocycles. The number of benzene rings is 1. The number of carbonyl (C=O) groups is 1. The van der Waals surface area contributed by atoms with Crippen molar-refractivity contribution < 1.29 is 19.0 Å².